The minimum atomic E-state index is -0.188. The quantitative estimate of drug-likeness (QED) is 0.566. The number of carbonyl (C=O) groups excluding carboxylic acids is 1. The number of fused-ring (bicyclic) bond motifs is 1. The highest BCUT2D eigenvalue weighted by Crippen LogP contribution is 2.23. The molecule has 0 radical (unpaired) electrons. The number of carbonyl (C=O) groups is 1. The van der Waals surface area contributed by atoms with E-state index in [0.29, 0.717) is 18.0 Å². The van der Waals surface area contributed by atoms with Crippen LogP contribution in [0.25, 0.3) is 5.65 Å². The Morgan fingerprint density at radius 3 is 2.69 bits per heavy atom. The summed E-state index contributed by atoms with van der Waals surface area (Å²) in [6, 6.07) is 9.42. The lowest BCUT2D eigenvalue weighted by Gasteiger charge is -2.09. The second kappa shape index (κ2) is 7.91. The van der Waals surface area contributed by atoms with Crippen LogP contribution in [0.4, 0.5) is 5.69 Å². The number of unbranched alkanes of at least 4 members (excludes halogenated alkanes) is 1. The first kappa shape index (κ1) is 18.5. The van der Waals surface area contributed by atoms with Crippen molar-refractivity contribution < 1.29 is 9.53 Å². The minimum Gasteiger partial charge on any atom is -0.494 e. The van der Waals surface area contributed by atoms with Crippen molar-refractivity contribution in [3.8, 4) is 5.75 Å². The Bertz CT molecular complexity index is 932. The molecule has 1 amide bonds. The number of amides is 1. The van der Waals surface area contributed by atoms with E-state index in [1.807, 2.05) is 54.8 Å². The van der Waals surface area contributed by atoms with E-state index in [1.54, 1.807) is 0 Å². The summed E-state index contributed by atoms with van der Waals surface area (Å²) in [7, 11) is 0. The number of halogens is 1. The summed E-state index contributed by atoms with van der Waals surface area (Å²) >= 11 is 3.52. The number of rotatable bonds is 6. The molecule has 2 aromatic heterocycles. The summed E-state index contributed by atoms with van der Waals surface area (Å²) in [6.07, 6.45) is 4.04. The molecule has 2 heterocycles. The molecule has 0 aliphatic carbocycles. The summed E-state index contributed by atoms with van der Waals surface area (Å²) < 4.78 is 8.34. The number of anilines is 1. The Morgan fingerprint density at radius 1 is 1.27 bits per heavy atom. The van der Waals surface area contributed by atoms with Crippen LogP contribution >= 0.6 is 15.9 Å². The van der Waals surface area contributed by atoms with Gasteiger partial charge in [0, 0.05) is 11.9 Å². The molecule has 6 heteroatoms. The fourth-order valence-electron chi connectivity index (χ4n) is 2.78. The Labute approximate surface area is 161 Å². The van der Waals surface area contributed by atoms with Crippen LogP contribution in [0.15, 0.2) is 41.0 Å². The van der Waals surface area contributed by atoms with Crippen molar-refractivity contribution in [1.82, 2.24) is 9.38 Å². The van der Waals surface area contributed by atoms with Crippen LogP contribution in [0.2, 0.25) is 0 Å². The van der Waals surface area contributed by atoms with E-state index >= 15 is 0 Å². The van der Waals surface area contributed by atoms with E-state index in [0.717, 1.165) is 40.0 Å². The van der Waals surface area contributed by atoms with Crippen LogP contribution < -0.4 is 10.1 Å². The highest BCUT2D eigenvalue weighted by atomic mass is 79.9. The standard InChI is InChI=1S/C20H22BrN3O2/c1-4-5-10-26-16-8-6-15(7-9-16)23-20(25)18-14(3)22-19-17(21)11-13(2)12-24(18)19/h6-9,11-12H,4-5,10H2,1-3H3,(H,23,25). The molecule has 1 N–H and O–H groups in total. The molecule has 0 bridgehead atoms. The maximum atomic E-state index is 12.8. The Balaban J connectivity index is 1.80. The average Bonchev–Trinajstić information content (AvgIpc) is 2.93. The van der Waals surface area contributed by atoms with Gasteiger partial charge >= 0.3 is 0 Å². The third-order valence-electron chi connectivity index (χ3n) is 4.08. The van der Waals surface area contributed by atoms with Gasteiger partial charge in [-0.15, -0.1) is 0 Å². The van der Waals surface area contributed by atoms with Crippen LogP contribution in [-0.2, 0) is 0 Å². The van der Waals surface area contributed by atoms with Crippen LogP contribution in [0.5, 0.6) is 5.75 Å². The van der Waals surface area contributed by atoms with Crippen molar-refractivity contribution in [2.24, 2.45) is 0 Å². The molecule has 0 fully saturated rings. The van der Waals surface area contributed by atoms with Crippen LogP contribution in [0.1, 0.15) is 41.5 Å². The summed E-state index contributed by atoms with van der Waals surface area (Å²) in [6.45, 7) is 6.66. The van der Waals surface area contributed by atoms with Gasteiger partial charge < -0.3 is 10.1 Å². The molecular formula is C20H22BrN3O2. The lowest BCUT2D eigenvalue weighted by molar-refractivity contribution is 0.102. The van der Waals surface area contributed by atoms with Gasteiger partial charge in [0.25, 0.3) is 5.91 Å². The summed E-state index contributed by atoms with van der Waals surface area (Å²) in [5, 5.41) is 2.94. The number of hydrogen-bond acceptors (Lipinski definition) is 3. The highest BCUT2D eigenvalue weighted by molar-refractivity contribution is 9.10. The zero-order chi connectivity index (χ0) is 18.7. The summed E-state index contributed by atoms with van der Waals surface area (Å²) in [4.78, 5) is 17.3. The molecule has 0 spiro atoms. The first-order valence-electron chi connectivity index (χ1n) is 8.68. The van der Waals surface area contributed by atoms with E-state index in [-0.39, 0.29) is 5.91 Å². The number of imidazole rings is 1. The summed E-state index contributed by atoms with van der Waals surface area (Å²) in [5.74, 6) is 0.620. The lowest BCUT2D eigenvalue weighted by atomic mass is 10.2. The fraction of sp³-hybridized carbons (Fsp3) is 0.300. The van der Waals surface area contributed by atoms with E-state index in [9.17, 15) is 4.79 Å². The number of ether oxygens (including phenoxy) is 1. The predicted molar refractivity (Wildman–Crippen MR) is 107 cm³/mol. The topological polar surface area (TPSA) is 55.6 Å². The molecule has 1 aromatic carbocycles. The minimum absolute atomic E-state index is 0.188. The van der Waals surface area contributed by atoms with Gasteiger partial charge in [-0.25, -0.2) is 4.98 Å². The van der Waals surface area contributed by atoms with Gasteiger partial charge in [0.15, 0.2) is 5.65 Å². The molecule has 0 aliphatic rings. The Kier molecular flexibility index (Phi) is 5.61. The van der Waals surface area contributed by atoms with Gasteiger partial charge in [-0.2, -0.15) is 0 Å². The Hall–Kier alpha value is -2.34. The molecule has 136 valence electrons. The van der Waals surface area contributed by atoms with Crippen LogP contribution in [0, 0.1) is 13.8 Å². The van der Waals surface area contributed by atoms with Crippen molar-refractivity contribution in [2.75, 3.05) is 11.9 Å². The third kappa shape index (κ3) is 3.90. The van der Waals surface area contributed by atoms with E-state index < -0.39 is 0 Å². The van der Waals surface area contributed by atoms with Gasteiger partial charge in [-0.1, -0.05) is 13.3 Å². The molecule has 5 nitrogen and oxygen atoms in total. The maximum absolute atomic E-state index is 12.8. The molecule has 0 atom stereocenters. The van der Waals surface area contributed by atoms with Crippen LogP contribution in [-0.4, -0.2) is 21.9 Å². The van der Waals surface area contributed by atoms with Crippen LogP contribution in [0.3, 0.4) is 0 Å². The molecule has 0 unspecified atom stereocenters. The molecule has 0 aliphatic heterocycles. The van der Waals surface area contributed by atoms with Gasteiger partial charge in [0.05, 0.1) is 16.8 Å². The molecule has 0 saturated carbocycles. The second-order valence-corrected chi connectivity index (χ2v) is 7.14. The average molecular weight is 416 g/mol. The first-order valence-corrected chi connectivity index (χ1v) is 9.48. The molecule has 3 aromatic rings. The van der Waals surface area contributed by atoms with Crippen molar-refractivity contribution in [1.29, 1.82) is 0 Å². The van der Waals surface area contributed by atoms with Gasteiger partial charge in [-0.3, -0.25) is 9.20 Å². The highest BCUT2D eigenvalue weighted by Gasteiger charge is 2.18. The van der Waals surface area contributed by atoms with E-state index in [2.05, 4.69) is 33.2 Å². The number of nitrogens with zero attached hydrogens (tertiary/aromatic N) is 2. The monoisotopic (exact) mass is 415 g/mol. The largest absolute Gasteiger partial charge is 0.494 e. The van der Waals surface area contributed by atoms with Gasteiger partial charge in [-0.05, 0) is 72.1 Å². The molecule has 26 heavy (non-hydrogen) atoms. The smallest absolute Gasteiger partial charge is 0.274 e. The SMILES string of the molecule is CCCCOc1ccc(NC(=O)c2c(C)nc3c(Br)cc(C)cn23)cc1. The van der Waals surface area contributed by atoms with E-state index in [1.165, 1.54) is 0 Å². The van der Waals surface area contributed by atoms with Gasteiger partial charge in [0.1, 0.15) is 11.4 Å². The van der Waals surface area contributed by atoms with Gasteiger partial charge in [0.2, 0.25) is 0 Å². The lowest BCUT2D eigenvalue weighted by Crippen LogP contribution is -2.15. The van der Waals surface area contributed by atoms with E-state index in [4.69, 9.17) is 4.74 Å². The number of benzene rings is 1. The molecule has 0 saturated heterocycles. The molecular weight excluding hydrogens is 394 g/mol. The first-order chi connectivity index (χ1) is 12.5. The fourth-order valence-corrected chi connectivity index (χ4v) is 3.42. The maximum Gasteiger partial charge on any atom is 0.274 e. The third-order valence-corrected chi connectivity index (χ3v) is 4.66. The number of pyridine rings is 1. The molecule has 3 rings (SSSR count). The normalized spacial score (nSPS) is 10.9. The predicted octanol–water partition coefficient (Wildman–Crippen LogP) is 5.14. The van der Waals surface area contributed by atoms with Crippen molar-refractivity contribution in [2.45, 2.75) is 33.6 Å². The van der Waals surface area contributed by atoms with Crippen molar-refractivity contribution in [3.63, 3.8) is 0 Å². The zero-order valence-electron chi connectivity index (χ0n) is 15.2. The second-order valence-electron chi connectivity index (χ2n) is 6.29. The number of hydrogen-bond donors (Lipinski definition) is 1. The summed E-state index contributed by atoms with van der Waals surface area (Å²) in [5.41, 5.74) is 3.72. The zero-order valence-corrected chi connectivity index (χ0v) is 16.8. The number of aromatic nitrogens is 2. The van der Waals surface area contributed by atoms with Crippen molar-refractivity contribution in [3.05, 3.63) is 58.0 Å². The van der Waals surface area contributed by atoms with Crippen molar-refractivity contribution >= 4 is 33.2 Å². The number of nitrogens with one attached hydrogen (secondary N) is 1. The Morgan fingerprint density at radius 2 is 2.00 bits per heavy atom. The number of aryl methyl sites for hydroxylation is 2.